The lowest BCUT2D eigenvalue weighted by molar-refractivity contribution is 0.784. The fraction of sp³-hybridized carbons (Fsp3) is 0.222. The van der Waals surface area contributed by atoms with E-state index in [1.54, 1.807) is 19.0 Å². The molecule has 0 aliphatic carbocycles. The summed E-state index contributed by atoms with van der Waals surface area (Å²) in [5.41, 5.74) is 8.28. The highest BCUT2D eigenvalue weighted by Gasteiger charge is 2.21. The molecule has 1 aromatic carbocycles. The number of H-pyrrole nitrogens is 1. The average Bonchev–Trinajstić information content (AvgIpc) is 3.21. The van der Waals surface area contributed by atoms with Gasteiger partial charge < -0.3 is 10.6 Å². The van der Waals surface area contributed by atoms with Crippen LogP contribution in [0, 0.1) is 6.92 Å². The maximum atomic E-state index is 13.1. The summed E-state index contributed by atoms with van der Waals surface area (Å²) in [5, 5.41) is 9.03. The normalized spacial score (nSPS) is 11.4. The highest BCUT2D eigenvalue weighted by Crippen LogP contribution is 2.38. The highest BCUT2D eigenvalue weighted by atomic mass is 35.5. The van der Waals surface area contributed by atoms with Gasteiger partial charge >= 0.3 is 0 Å². The van der Waals surface area contributed by atoms with E-state index in [-0.39, 0.29) is 5.56 Å². The van der Waals surface area contributed by atoms with Crippen LogP contribution in [0.25, 0.3) is 32.5 Å². The van der Waals surface area contributed by atoms with Crippen LogP contribution in [-0.2, 0) is 7.05 Å². The number of hydrogen-bond donors (Lipinski definition) is 2. The monoisotopic (exact) mass is 415 g/mol. The van der Waals surface area contributed by atoms with Crippen LogP contribution in [0.2, 0.25) is 5.02 Å². The van der Waals surface area contributed by atoms with Crippen molar-refractivity contribution < 1.29 is 0 Å². The first-order chi connectivity index (χ1) is 13.3. The molecule has 0 radical (unpaired) electrons. The number of nitrogens with zero attached hydrogens (tertiary/aromatic N) is 5. The Labute approximate surface area is 169 Å². The van der Waals surface area contributed by atoms with Gasteiger partial charge in [-0.2, -0.15) is 10.1 Å². The van der Waals surface area contributed by atoms with Crippen LogP contribution in [0.3, 0.4) is 0 Å². The number of aromatic amines is 1. The molecule has 144 valence electrons. The van der Waals surface area contributed by atoms with E-state index >= 15 is 0 Å². The third kappa shape index (κ3) is 2.83. The molecule has 0 spiro atoms. The summed E-state index contributed by atoms with van der Waals surface area (Å²) in [6, 6.07) is 3.71. The van der Waals surface area contributed by atoms with Crippen LogP contribution >= 0.6 is 22.9 Å². The van der Waals surface area contributed by atoms with Crippen molar-refractivity contribution in [2.45, 2.75) is 6.92 Å². The summed E-state index contributed by atoms with van der Waals surface area (Å²) in [7, 11) is 3.45. The molecule has 0 unspecified atom stereocenters. The van der Waals surface area contributed by atoms with Crippen molar-refractivity contribution in [2.24, 2.45) is 12.8 Å². The van der Waals surface area contributed by atoms with Crippen molar-refractivity contribution in [3.63, 3.8) is 0 Å². The van der Waals surface area contributed by atoms with Gasteiger partial charge in [-0.1, -0.05) is 18.2 Å². The third-order valence-corrected chi connectivity index (χ3v) is 5.93. The Balaban J connectivity index is 1.93. The molecule has 0 aliphatic heterocycles. The van der Waals surface area contributed by atoms with E-state index in [2.05, 4.69) is 26.7 Å². The Kier molecular flexibility index (Phi) is 4.35. The first-order valence-corrected chi connectivity index (χ1v) is 9.63. The van der Waals surface area contributed by atoms with Gasteiger partial charge in [0.2, 0.25) is 5.95 Å². The molecule has 0 aliphatic rings. The Bertz CT molecular complexity index is 1300. The zero-order chi connectivity index (χ0) is 20.2. The summed E-state index contributed by atoms with van der Waals surface area (Å²) >= 11 is 8.14. The number of benzene rings is 1. The number of nitrogens with two attached hydrogens (primary N) is 1. The molecule has 3 N–H and O–H groups in total. The van der Waals surface area contributed by atoms with Crippen LogP contribution in [0.15, 0.2) is 29.2 Å². The van der Waals surface area contributed by atoms with Crippen LogP contribution in [0.5, 0.6) is 0 Å². The summed E-state index contributed by atoms with van der Waals surface area (Å²) in [6.07, 6.45) is 0. The second-order valence-electron chi connectivity index (χ2n) is 6.59. The quantitative estimate of drug-likeness (QED) is 0.531. The molecule has 4 rings (SSSR count). The van der Waals surface area contributed by atoms with Gasteiger partial charge in [0.05, 0.1) is 26.8 Å². The first kappa shape index (κ1) is 18.5. The molecule has 3 heterocycles. The van der Waals surface area contributed by atoms with Crippen LogP contribution in [0.4, 0.5) is 5.95 Å². The third-order valence-electron chi connectivity index (χ3n) is 4.42. The largest absolute Gasteiger partial charge is 0.401 e. The minimum atomic E-state index is -0.227. The zero-order valence-corrected chi connectivity index (χ0v) is 17.1. The summed E-state index contributed by atoms with van der Waals surface area (Å²) in [6.45, 7) is 6.00. The van der Waals surface area contributed by atoms with Crippen LogP contribution in [-0.4, -0.2) is 38.3 Å². The predicted molar refractivity (Wildman–Crippen MR) is 114 cm³/mol. The smallest absolute Gasteiger partial charge is 0.266 e. The van der Waals surface area contributed by atoms with Gasteiger partial charge in [-0.25, -0.2) is 4.98 Å². The minimum absolute atomic E-state index is 0.227. The maximum absolute atomic E-state index is 13.1. The van der Waals surface area contributed by atoms with Crippen molar-refractivity contribution >= 4 is 50.1 Å². The first-order valence-electron chi connectivity index (χ1n) is 8.43. The second kappa shape index (κ2) is 6.61. The van der Waals surface area contributed by atoms with Gasteiger partial charge in [-0.15, -0.1) is 11.3 Å². The van der Waals surface area contributed by atoms with Gasteiger partial charge in [0.25, 0.3) is 5.56 Å². The van der Waals surface area contributed by atoms with Crippen molar-refractivity contribution in [2.75, 3.05) is 18.5 Å². The molecule has 0 amide bonds. The summed E-state index contributed by atoms with van der Waals surface area (Å²) in [4.78, 5) is 23.9. The van der Waals surface area contributed by atoms with Gasteiger partial charge in [-0.3, -0.25) is 14.5 Å². The molecule has 0 bridgehead atoms. The Morgan fingerprint density at radius 3 is 2.89 bits per heavy atom. The summed E-state index contributed by atoms with van der Waals surface area (Å²) in [5.74, 6) is 0.457. The van der Waals surface area contributed by atoms with Gasteiger partial charge in [0, 0.05) is 25.4 Å². The number of aryl methyl sites for hydroxylation is 1. The van der Waals surface area contributed by atoms with Gasteiger partial charge in [-0.05, 0) is 19.1 Å². The molecule has 4 aromatic rings. The number of thiazole rings is 1. The Morgan fingerprint density at radius 2 is 2.18 bits per heavy atom. The van der Waals surface area contributed by atoms with E-state index in [9.17, 15) is 4.79 Å². The van der Waals surface area contributed by atoms with E-state index in [1.165, 1.54) is 15.9 Å². The number of likely N-dealkylation sites (N-methyl/N-ethyl adjacent to an activating group) is 1. The number of hydrogen-bond acceptors (Lipinski definition) is 7. The Hall–Kier alpha value is -2.91. The number of aromatic nitrogens is 5. The fourth-order valence-corrected chi connectivity index (χ4v) is 4.44. The predicted octanol–water partition coefficient (Wildman–Crippen LogP) is 2.80. The molecule has 0 atom stereocenters. The molecule has 3 aromatic heterocycles. The standard InChI is InChI=1S/C18H18ClN7OS/c1-8(20)7-25(3)18-22-16-12(17(27)26(18)4)14(23-24-16)10-5-6-11-15(13(10)19)28-9(2)21-11/h5-6H,1,7,20H2,2-4H3,(H,23,24). The molecule has 0 saturated heterocycles. The topological polar surface area (TPSA) is 106 Å². The maximum Gasteiger partial charge on any atom is 0.266 e. The molecule has 28 heavy (non-hydrogen) atoms. The lowest BCUT2D eigenvalue weighted by Gasteiger charge is -2.20. The van der Waals surface area contributed by atoms with Crippen molar-refractivity contribution in [1.29, 1.82) is 0 Å². The molecular weight excluding hydrogens is 398 g/mol. The van der Waals surface area contributed by atoms with Crippen molar-refractivity contribution in [3.8, 4) is 11.3 Å². The zero-order valence-electron chi connectivity index (χ0n) is 15.6. The number of fused-ring (bicyclic) bond motifs is 2. The lowest BCUT2D eigenvalue weighted by Crippen LogP contribution is -2.31. The van der Waals surface area contributed by atoms with Crippen molar-refractivity contribution in [1.82, 2.24) is 24.7 Å². The van der Waals surface area contributed by atoms with E-state index in [4.69, 9.17) is 17.3 Å². The minimum Gasteiger partial charge on any atom is -0.401 e. The van der Waals surface area contributed by atoms with Gasteiger partial charge in [0.15, 0.2) is 5.65 Å². The fourth-order valence-electron chi connectivity index (χ4n) is 3.22. The van der Waals surface area contributed by atoms with E-state index in [1.807, 2.05) is 19.1 Å². The van der Waals surface area contributed by atoms with Crippen LogP contribution in [0.1, 0.15) is 5.01 Å². The van der Waals surface area contributed by atoms with Gasteiger partial charge in [0.1, 0.15) is 11.1 Å². The molecule has 10 heteroatoms. The molecule has 0 saturated carbocycles. The van der Waals surface area contributed by atoms with Crippen molar-refractivity contribution in [3.05, 3.63) is 44.8 Å². The molecular formula is C18H18ClN7OS. The highest BCUT2D eigenvalue weighted by molar-refractivity contribution is 7.19. The average molecular weight is 416 g/mol. The number of rotatable bonds is 4. The number of anilines is 1. The lowest BCUT2D eigenvalue weighted by atomic mass is 10.1. The SMILES string of the molecule is C=C(N)CN(C)c1nc2[nH]nc(-c3ccc4nc(C)sc4c3Cl)c2c(=O)n1C. The molecule has 8 nitrogen and oxygen atoms in total. The number of halogens is 1. The van der Waals surface area contributed by atoms with Crippen LogP contribution < -0.4 is 16.2 Å². The second-order valence-corrected chi connectivity index (χ2v) is 8.18. The number of nitrogens with one attached hydrogen (secondary N) is 1. The Morgan fingerprint density at radius 1 is 1.43 bits per heavy atom. The summed E-state index contributed by atoms with van der Waals surface area (Å²) < 4.78 is 2.34. The van der Waals surface area contributed by atoms with E-state index in [0.29, 0.717) is 45.5 Å². The van der Waals surface area contributed by atoms with E-state index in [0.717, 1.165) is 15.2 Å². The van der Waals surface area contributed by atoms with E-state index < -0.39 is 0 Å². The molecule has 0 fully saturated rings.